The van der Waals surface area contributed by atoms with E-state index >= 15 is 0 Å². The quantitative estimate of drug-likeness (QED) is 0.642. The molecule has 0 saturated heterocycles. The molecular formula is C12H10F4N4O2. The highest BCUT2D eigenvalue weighted by atomic mass is 19.4. The Balaban J connectivity index is 2.62. The van der Waals surface area contributed by atoms with Crippen LogP contribution in [0, 0.1) is 5.82 Å². The predicted octanol–water partition coefficient (Wildman–Crippen LogP) is 2.06. The van der Waals surface area contributed by atoms with Crippen LogP contribution in [-0.4, -0.2) is 40.1 Å². The van der Waals surface area contributed by atoms with Gasteiger partial charge in [-0.2, -0.15) is 13.2 Å². The van der Waals surface area contributed by atoms with E-state index in [0.29, 0.717) is 9.75 Å². The molecule has 0 spiro atoms. The van der Waals surface area contributed by atoms with Crippen LogP contribution in [0.5, 0.6) is 0 Å². The minimum atomic E-state index is -4.92. The number of aromatic nitrogens is 3. The summed E-state index contributed by atoms with van der Waals surface area (Å²) in [6.07, 6.45) is -4.92. The Hall–Kier alpha value is -2.49. The van der Waals surface area contributed by atoms with Crippen LogP contribution in [0.2, 0.25) is 0 Å². The summed E-state index contributed by atoms with van der Waals surface area (Å²) in [7, 11) is 2.24. The van der Waals surface area contributed by atoms with Crippen LogP contribution in [0.15, 0.2) is 24.3 Å². The highest BCUT2D eigenvalue weighted by Crippen LogP contribution is 2.33. The molecule has 0 atom stereocenters. The zero-order valence-corrected chi connectivity index (χ0v) is 11.4. The number of nitrogens with zero attached hydrogens (tertiary/aromatic N) is 4. The van der Waals surface area contributed by atoms with Crippen molar-refractivity contribution in [2.75, 3.05) is 14.2 Å². The summed E-state index contributed by atoms with van der Waals surface area (Å²) in [5.41, 5.74) is -2.56. The number of rotatable bonds is 3. The number of hydrogen-bond donors (Lipinski definition) is 0. The van der Waals surface area contributed by atoms with Crippen molar-refractivity contribution in [3.8, 4) is 5.69 Å². The van der Waals surface area contributed by atoms with E-state index in [-0.39, 0.29) is 5.69 Å². The fourth-order valence-corrected chi connectivity index (χ4v) is 1.70. The first kappa shape index (κ1) is 15.9. The van der Waals surface area contributed by atoms with Crippen molar-refractivity contribution in [3.63, 3.8) is 0 Å². The molecule has 118 valence electrons. The van der Waals surface area contributed by atoms with E-state index in [9.17, 15) is 22.4 Å². The topological polar surface area (TPSA) is 60.2 Å². The van der Waals surface area contributed by atoms with E-state index in [1.54, 1.807) is 0 Å². The smallest absolute Gasteiger partial charge is 0.274 e. The summed E-state index contributed by atoms with van der Waals surface area (Å²) < 4.78 is 53.3. The van der Waals surface area contributed by atoms with Crippen LogP contribution in [0.3, 0.4) is 0 Å². The molecular weight excluding hydrogens is 308 g/mol. The van der Waals surface area contributed by atoms with Crippen LogP contribution in [0.4, 0.5) is 17.6 Å². The predicted molar refractivity (Wildman–Crippen MR) is 65.4 cm³/mol. The Kier molecular flexibility index (Phi) is 4.13. The van der Waals surface area contributed by atoms with Crippen molar-refractivity contribution < 1.29 is 27.2 Å². The molecule has 0 unspecified atom stereocenters. The van der Waals surface area contributed by atoms with E-state index in [1.807, 2.05) is 0 Å². The molecule has 22 heavy (non-hydrogen) atoms. The van der Waals surface area contributed by atoms with Gasteiger partial charge >= 0.3 is 6.18 Å². The van der Waals surface area contributed by atoms with Gasteiger partial charge in [-0.25, -0.2) is 14.1 Å². The van der Waals surface area contributed by atoms with Gasteiger partial charge < -0.3 is 0 Å². The number of carbonyl (C=O) groups is 1. The third-order valence-electron chi connectivity index (χ3n) is 2.75. The van der Waals surface area contributed by atoms with Crippen LogP contribution >= 0.6 is 0 Å². The Bertz CT molecular complexity index is 699. The third kappa shape index (κ3) is 2.91. The van der Waals surface area contributed by atoms with Crippen molar-refractivity contribution in [2.24, 2.45) is 0 Å². The first-order valence-corrected chi connectivity index (χ1v) is 5.86. The zero-order valence-electron chi connectivity index (χ0n) is 11.4. The van der Waals surface area contributed by atoms with Gasteiger partial charge in [-0.3, -0.25) is 9.63 Å². The molecule has 0 saturated carbocycles. The number of benzene rings is 1. The van der Waals surface area contributed by atoms with Crippen molar-refractivity contribution in [1.29, 1.82) is 0 Å². The monoisotopic (exact) mass is 318 g/mol. The summed E-state index contributed by atoms with van der Waals surface area (Å²) >= 11 is 0. The largest absolute Gasteiger partial charge is 0.435 e. The molecule has 0 aliphatic carbocycles. The molecule has 6 nitrogen and oxygen atoms in total. The Morgan fingerprint density at radius 1 is 1.36 bits per heavy atom. The Labute approximate surface area is 121 Å². The SMILES string of the molecule is CON(C)C(=O)c1nnn(-c2cccc(F)c2)c1C(F)(F)F. The van der Waals surface area contributed by atoms with Gasteiger partial charge in [0.05, 0.1) is 12.8 Å². The summed E-state index contributed by atoms with van der Waals surface area (Å²) in [6.45, 7) is 0. The summed E-state index contributed by atoms with van der Waals surface area (Å²) in [6, 6.07) is 4.34. The average Bonchev–Trinajstić information content (AvgIpc) is 2.90. The molecule has 0 bridgehead atoms. The lowest BCUT2D eigenvalue weighted by atomic mass is 10.2. The second-order valence-corrected chi connectivity index (χ2v) is 4.16. The molecule has 0 radical (unpaired) electrons. The third-order valence-corrected chi connectivity index (χ3v) is 2.75. The number of hydroxylamine groups is 2. The second kappa shape index (κ2) is 5.72. The van der Waals surface area contributed by atoms with Crippen LogP contribution < -0.4 is 0 Å². The van der Waals surface area contributed by atoms with Gasteiger partial charge in [0.1, 0.15) is 5.82 Å². The highest BCUT2D eigenvalue weighted by Gasteiger charge is 2.42. The molecule has 0 aliphatic heterocycles. The molecule has 1 aromatic carbocycles. The lowest BCUT2D eigenvalue weighted by molar-refractivity contribution is -0.143. The second-order valence-electron chi connectivity index (χ2n) is 4.16. The summed E-state index contributed by atoms with van der Waals surface area (Å²) in [4.78, 5) is 16.4. The molecule has 1 aromatic heterocycles. The van der Waals surface area contributed by atoms with Gasteiger partial charge in [0.25, 0.3) is 5.91 Å². The van der Waals surface area contributed by atoms with Gasteiger partial charge in [0, 0.05) is 7.05 Å². The van der Waals surface area contributed by atoms with Crippen molar-refractivity contribution in [3.05, 3.63) is 41.5 Å². The average molecular weight is 318 g/mol. The normalized spacial score (nSPS) is 11.5. The number of hydrogen-bond acceptors (Lipinski definition) is 4. The van der Waals surface area contributed by atoms with Gasteiger partial charge in [-0.1, -0.05) is 11.3 Å². The van der Waals surface area contributed by atoms with Gasteiger partial charge in [0.15, 0.2) is 11.4 Å². The fourth-order valence-electron chi connectivity index (χ4n) is 1.70. The highest BCUT2D eigenvalue weighted by molar-refractivity contribution is 5.92. The first-order valence-electron chi connectivity index (χ1n) is 5.86. The molecule has 0 aliphatic rings. The maximum absolute atomic E-state index is 13.2. The van der Waals surface area contributed by atoms with E-state index in [0.717, 1.165) is 26.3 Å². The fraction of sp³-hybridized carbons (Fsp3) is 0.250. The molecule has 1 heterocycles. The molecule has 10 heteroatoms. The Morgan fingerprint density at radius 2 is 2.05 bits per heavy atom. The van der Waals surface area contributed by atoms with Gasteiger partial charge in [0.2, 0.25) is 0 Å². The van der Waals surface area contributed by atoms with Crippen LogP contribution in [0.1, 0.15) is 16.2 Å². The number of halogens is 4. The maximum Gasteiger partial charge on any atom is 0.435 e. The van der Waals surface area contributed by atoms with Crippen molar-refractivity contribution in [2.45, 2.75) is 6.18 Å². The van der Waals surface area contributed by atoms with Crippen LogP contribution in [0.25, 0.3) is 5.69 Å². The van der Waals surface area contributed by atoms with E-state index in [4.69, 9.17) is 0 Å². The van der Waals surface area contributed by atoms with Gasteiger partial charge in [-0.15, -0.1) is 5.10 Å². The van der Waals surface area contributed by atoms with E-state index in [2.05, 4.69) is 15.1 Å². The molecule has 0 fully saturated rings. The maximum atomic E-state index is 13.2. The number of carbonyl (C=O) groups excluding carboxylic acids is 1. The van der Waals surface area contributed by atoms with Crippen molar-refractivity contribution in [1.82, 2.24) is 20.1 Å². The number of amides is 1. The summed E-state index contributed by atoms with van der Waals surface area (Å²) in [5.74, 6) is -1.87. The zero-order chi connectivity index (χ0) is 16.5. The van der Waals surface area contributed by atoms with Crippen LogP contribution in [-0.2, 0) is 11.0 Å². The molecule has 2 rings (SSSR count). The van der Waals surface area contributed by atoms with Crippen molar-refractivity contribution >= 4 is 5.91 Å². The molecule has 1 amide bonds. The van der Waals surface area contributed by atoms with E-state index < -0.39 is 29.3 Å². The lowest BCUT2D eigenvalue weighted by Gasteiger charge is -2.14. The first-order chi connectivity index (χ1) is 10.3. The van der Waals surface area contributed by atoms with E-state index in [1.165, 1.54) is 12.1 Å². The molecule has 0 N–H and O–H groups in total. The van der Waals surface area contributed by atoms with Gasteiger partial charge in [-0.05, 0) is 18.2 Å². The number of alkyl halides is 3. The molecule has 2 aromatic rings. The standard InChI is InChI=1S/C12H10F4N4O2/c1-19(22-2)11(21)9-10(12(14,15)16)20(18-17-9)8-5-3-4-7(13)6-8/h3-6H,1-2H3. The minimum absolute atomic E-state index is 0.209. The lowest BCUT2D eigenvalue weighted by Crippen LogP contribution is -2.28. The Morgan fingerprint density at radius 3 is 2.59 bits per heavy atom. The summed E-state index contributed by atoms with van der Waals surface area (Å²) in [5, 5.41) is 7.14. The minimum Gasteiger partial charge on any atom is -0.274 e.